The van der Waals surface area contributed by atoms with Crippen molar-refractivity contribution in [3.63, 3.8) is 0 Å². The molecule has 11 aromatic rings. The summed E-state index contributed by atoms with van der Waals surface area (Å²) in [6.45, 7) is 0. The van der Waals surface area contributed by atoms with E-state index >= 15 is 0 Å². The highest BCUT2D eigenvalue weighted by atomic mass is 32.1. The van der Waals surface area contributed by atoms with E-state index in [9.17, 15) is 0 Å². The lowest BCUT2D eigenvalue weighted by Crippen LogP contribution is -2.00. The molecule has 0 aliphatic heterocycles. The summed E-state index contributed by atoms with van der Waals surface area (Å²) in [5, 5.41) is 4.74. The predicted molar refractivity (Wildman–Crippen MR) is 233 cm³/mol. The van der Waals surface area contributed by atoms with Crippen molar-refractivity contribution >= 4 is 53.4 Å². The first-order valence-corrected chi connectivity index (χ1v) is 19.5. The fourth-order valence-electron chi connectivity index (χ4n) is 7.99. The van der Waals surface area contributed by atoms with E-state index < -0.39 is 0 Å². The molecular formula is C51H31N3OS. The summed E-state index contributed by atoms with van der Waals surface area (Å²) < 4.78 is 9.41. The Morgan fingerprint density at radius 2 is 0.893 bits per heavy atom. The van der Waals surface area contributed by atoms with Crippen LogP contribution in [0.2, 0.25) is 0 Å². The van der Waals surface area contributed by atoms with E-state index in [2.05, 4.69) is 121 Å². The topological polar surface area (TPSA) is 51.8 Å². The Labute approximate surface area is 327 Å². The third-order valence-corrected chi connectivity index (χ3v) is 11.7. The second-order valence-corrected chi connectivity index (χ2v) is 15.0. The smallest absolute Gasteiger partial charge is 0.164 e. The SMILES string of the molecule is c1ccc(-c2nc(-c3ccccc3)nc(-c3cccc(-c4ccc(-c5ccc6sc7ccccc7c6c5-c5ccccc5)c5c4oc4ccccc45)c3)n2)cc1. The molecule has 0 radical (unpaired) electrons. The summed E-state index contributed by atoms with van der Waals surface area (Å²) in [6, 6.07) is 65.6. The molecule has 0 spiro atoms. The fourth-order valence-corrected chi connectivity index (χ4v) is 9.10. The maximum absolute atomic E-state index is 6.85. The number of thiophene rings is 1. The molecule has 0 aliphatic carbocycles. The predicted octanol–water partition coefficient (Wildman–Crippen LogP) is 14.1. The third kappa shape index (κ3) is 5.40. The van der Waals surface area contributed by atoms with Gasteiger partial charge in [-0.25, -0.2) is 15.0 Å². The minimum Gasteiger partial charge on any atom is -0.455 e. The number of furan rings is 1. The molecule has 0 bridgehead atoms. The van der Waals surface area contributed by atoms with E-state index in [0.717, 1.165) is 55.3 Å². The number of fused-ring (bicyclic) bond motifs is 6. The molecule has 5 heteroatoms. The quantitative estimate of drug-likeness (QED) is 0.171. The largest absolute Gasteiger partial charge is 0.455 e. The van der Waals surface area contributed by atoms with Crippen LogP contribution in [0, 0.1) is 0 Å². The minimum absolute atomic E-state index is 0.612. The number of nitrogens with zero attached hydrogens (tertiary/aromatic N) is 3. The molecule has 0 saturated carbocycles. The van der Waals surface area contributed by atoms with Crippen LogP contribution >= 0.6 is 11.3 Å². The first-order chi connectivity index (χ1) is 27.8. The van der Waals surface area contributed by atoms with Gasteiger partial charge < -0.3 is 4.42 Å². The van der Waals surface area contributed by atoms with Crippen LogP contribution in [0.5, 0.6) is 0 Å². The van der Waals surface area contributed by atoms with Crippen molar-refractivity contribution in [3.8, 4) is 67.5 Å². The maximum atomic E-state index is 6.85. The highest BCUT2D eigenvalue weighted by Gasteiger charge is 2.22. The second-order valence-electron chi connectivity index (χ2n) is 13.9. The molecular weight excluding hydrogens is 703 g/mol. The Morgan fingerprint density at radius 1 is 0.357 bits per heavy atom. The second kappa shape index (κ2) is 13.3. The molecule has 0 amide bonds. The molecule has 3 heterocycles. The average molecular weight is 734 g/mol. The third-order valence-electron chi connectivity index (χ3n) is 10.6. The van der Waals surface area contributed by atoms with Gasteiger partial charge in [0.1, 0.15) is 11.2 Å². The zero-order valence-electron chi connectivity index (χ0n) is 30.1. The lowest BCUT2D eigenvalue weighted by Gasteiger charge is -2.15. The van der Waals surface area contributed by atoms with Gasteiger partial charge in [0.05, 0.1) is 0 Å². The first kappa shape index (κ1) is 32.2. The van der Waals surface area contributed by atoms with Crippen LogP contribution in [-0.4, -0.2) is 15.0 Å². The number of benzene rings is 8. The monoisotopic (exact) mass is 733 g/mol. The highest BCUT2D eigenvalue weighted by molar-refractivity contribution is 7.26. The minimum atomic E-state index is 0.612. The van der Waals surface area contributed by atoms with Crippen molar-refractivity contribution in [1.29, 1.82) is 0 Å². The molecule has 0 fully saturated rings. The van der Waals surface area contributed by atoms with E-state index in [1.54, 1.807) is 0 Å². The molecule has 0 saturated heterocycles. The summed E-state index contributed by atoms with van der Waals surface area (Å²) in [7, 11) is 0. The van der Waals surface area contributed by atoms with Crippen molar-refractivity contribution in [2.45, 2.75) is 0 Å². The van der Waals surface area contributed by atoms with Crippen LogP contribution in [0.1, 0.15) is 0 Å². The highest BCUT2D eigenvalue weighted by Crippen LogP contribution is 2.49. The number of rotatable bonds is 6. The standard InChI is InChI=1S/C51H31N3OS/c1-4-15-32(16-5-1)45-38(29-30-44-47(45)41-24-11-13-26-43(41)56-44)39-28-27-37(48-46(39)40-23-10-12-25-42(40)55-48)35-21-14-22-36(31-35)51-53-49(33-17-6-2-7-18-33)52-50(54-51)34-19-8-3-9-20-34/h1-31H. The normalized spacial score (nSPS) is 11.6. The number of aromatic nitrogens is 3. The Balaban J connectivity index is 1.13. The van der Waals surface area contributed by atoms with E-state index in [0.29, 0.717) is 17.5 Å². The Morgan fingerprint density at radius 3 is 1.61 bits per heavy atom. The van der Waals surface area contributed by atoms with E-state index in [-0.39, 0.29) is 0 Å². The van der Waals surface area contributed by atoms with Crippen molar-refractivity contribution in [2.75, 3.05) is 0 Å². The molecule has 0 aliphatic rings. The van der Waals surface area contributed by atoms with Gasteiger partial charge in [0, 0.05) is 53.2 Å². The van der Waals surface area contributed by atoms with Crippen LogP contribution in [0.25, 0.3) is 110 Å². The van der Waals surface area contributed by atoms with Crippen LogP contribution in [0.3, 0.4) is 0 Å². The Kier molecular flexibility index (Phi) is 7.64. The molecule has 11 rings (SSSR count). The molecule has 3 aromatic heterocycles. The summed E-state index contributed by atoms with van der Waals surface area (Å²) >= 11 is 1.85. The van der Waals surface area contributed by atoms with Gasteiger partial charge in [-0.05, 0) is 58.1 Å². The molecule has 4 nitrogen and oxygen atoms in total. The Bertz CT molecular complexity index is 3180. The molecule has 0 N–H and O–H groups in total. The van der Waals surface area contributed by atoms with Crippen LogP contribution in [-0.2, 0) is 0 Å². The zero-order valence-corrected chi connectivity index (χ0v) is 30.9. The van der Waals surface area contributed by atoms with Crippen LogP contribution < -0.4 is 0 Å². The summed E-state index contributed by atoms with van der Waals surface area (Å²) in [5.74, 6) is 1.88. The van der Waals surface area contributed by atoms with E-state index in [1.165, 1.54) is 36.9 Å². The van der Waals surface area contributed by atoms with Crippen molar-refractivity contribution in [2.24, 2.45) is 0 Å². The van der Waals surface area contributed by atoms with Gasteiger partial charge in [0.15, 0.2) is 17.5 Å². The number of hydrogen-bond donors (Lipinski definition) is 0. The van der Waals surface area contributed by atoms with Gasteiger partial charge in [-0.2, -0.15) is 0 Å². The maximum Gasteiger partial charge on any atom is 0.164 e. The van der Waals surface area contributed by atoms with Gasteiger partial charge in [-0.1, -0.05) is 158 Å². The van der Waals surface area contributed by atoms with Crippen molar-refractivity contribution in [1.82, 2.24) is 15.0 Å². The molecule has 262 valence electrons. The fraction of sp³-hybridized carbons (Fsp3) is 0. The van der Waals surface area contributed by atoms with E-state index in [4.69, 9.17) is 19.4 Å². The van der Waals surface area contributed by atoms with Gasteiger partial charge in [0.25, 0.3) is 0 Å². The van der Waals surface area contributed by atoms with Crippen molar-refractivity contribution in [3.05, 3.63) is 188 Å². The molecule has 0 atom stereocenters. The summed E-state index contributed by atoms with van der Waals surface area (Å²) in [4.78, 5) is 14.9. The van der Waals surface area contributed by atoms with Gasteiger partial charge in [-0.15, -0.1) is 11.3 Å². The number of para-hydroxylation sites is 1. The number of hydrogen-bond acceptors (Lipinski definition) is 5. The average Bonchev–Trinajstić information content (AvgIpc) is 3.86. The lowest BCUT2D eigenvalue weighted by molar-refractivity contribution is 0.670. The van der Waals surface area contributed by atoms with Crippen LogP contribution in [0.4, 0.5) is 0 Å². The van der Waals surface area contributed by atoms with Crippen molar-refractivity contribution < 1.29 is 4.42 Å². The Hall–Kier alpha value is -7.21. The summed E-state index contributed by atoms with van der Waals surface area (Å²) in [5.41, 5.74) is 11.2. The van der Waals surface area contributed by atoms with E-state index in [1.807, 2.05) is 78.1 Å². The first-order valence-electron chi connectivity index (χ1n) is 18.7. The zero-order chi connectivity index (χ0) is 37.0. The molecule has 0 unspecified atom stereocenters. The lowest BCUT2D eigenvalue weighted by atomic mass is 9.87. The molecule has 56 heavy (non-hydrogen) atoms. The summed E-state index contributed by atoms with van der Waals surface area (Å²) in [6.07, 6.45) is 0. The van der Waals surface area contributed by atoms with Crippen LogP contribution in [0.15, 0.2) is 192 Å². The van der Waals surface area contributed by atoms with Gasteiger partial charge in [-0.3, -0.25) is 0 Å². The van der Waals surface area contributed by atoms with Gasteiger partial charge in [0.2, 0.25) is 0 Å². The molecule has 8 aromatic carbocycles. The van der Waals surface area contributed by atoms with Gasteiger partial charge >= 0.3 is 0 Å².